The molecule has 0 aliphatic carbocycles. The number of aliphatic hydroxyl groups is 5. The van der Waals surface area contributed by atoms with Crippen LogP contribution in [0.2, 0.25) is 0 Å². The Morgan fingerprint density at radius 1 is 0.886 bits per heavy atom. The van der Waals surface area contributed by atoms with Gasteiger partial charge >= 0.3 is 5.97 Å². The molecule has 4 heterocycles. The number of carbonyl (C=O) groups is 1. The van der Waals surface area contributed by atoms with Crippen LogP contribution in [-0.4, -0.2) is 111 Å². The lowest BCUT2D eigenvalue weighted by Gasteiger charge is -2.43. The van der Waals surface area contributed by atoms with Gasteiger partial charge in [0.15, 0.2) is 12.1 Å². The third-order valence-electron chi connectivity index (χ3n) is 8.08. The molecule has 4 aliphatic heterocycles. The van der Waals surface area contributed by atoms with Crippen LogP contribution in [-0.2, 0) is 28.5 Å². The average molecular weight is 622 g/mol. The number of hydrogen-bond acceptors (Lipinski definition) is 12. The minimum Gasteiger partial charge on any atom is -0.459 e. The minimum absolute atomic E-state index is 0.0843. The lowest BCUT2D eigenvalue weighted by molar-refractivity contribution is -0.297. The van der Waals surface area contributed by atoms with Gasteiger partial charge in [-0.1, -0.05) is 48.6 Å². The summed E-state index contributed by atoms with van der Waals surface area (Å²) in [7, 11) is 0. The molecule has 0 spiro atoms. The van der Waals surface area contributed by atoms with Gasteiger partial charge in [0.25, 0.3) is 0 Å². The summed E-state index contributed by atoms with van der Waals surface area (Å²) >= 11 is 0. The standard InChI is InChI=1S/C32H47NO11/c1-19-10-8-6-4-3-5-7-9-11-23(42-31-30(38)28(33)29(37)20(2)41-31)16-24-14-21(34)17-32(39,44-24)18-22(35)15-26-25(43-26)12-13-27(36)40-19/h3-9,11-13,19-26,28-31,34-35,37-39H,10,14-18,33H2,1-2H3/b4-3+,7-5+,8-6+,11-9+,13-12+. The molecule has 2 bridgehead atoms. The first-order valence-corrected chi connectivity index (χ1v) is 15.3. The predicted octanol–water partition coefficient (Wildman–Crippen LogP) is 0.809. The van der Waals surface area contributed by atoms with Gasteiger partial charge in [-0.3, -0.25) is 0 Å². The molecule has 3 fully saturated rings. The van der Waals surface area contributed by atoms with Gasteiger partial charge in [0.2, 0.25) is 0 Å². The van der Waals surface area contributed by atoms with E-state index in [1.54, 1.807) is 44.2 Å². The zero-order valence-corrected chi connectivity index (χ0v) is 25.2. The Hall–Kier alpha value is -2.23. The number of allylic oxidation sites excluding steroid dienone is 6. The van der Waals surface area contributed by atoms with Crippen LogP contribution in [0, 0.1) is 0 Å². The van der Waals surface area contributed by atoms with Gasteiger partial charge in [-0.15, -0.1) is 0 Å². The Balaban J connectivity index is 1.50. The number of carbonyl (C=O) groups excluding carboxylic acids is 1. The molecule has 12 nitrogen and oxygen atoms in total. The molecule has 12 heteroatoms. The summed E-state index contributed by atoms with van der Waals surface area (Å²) in [6, 6.07) is -0.972. The van der Waals surface area contributed by atoms with Crippen molar-refractivity contribution in [2.45, 2.75) is 132 Å². The summed E-state index contributed by atoms with van der Waals surface area (Å²) in [5, 5.41) is 53.5. The van der Waals surface area contributed by atoms with E-state index in [9.17, 15) is 30.3 Å². The van der Waals surface area contributed by atoms with E-state index < -0.39 is 66.8 Å². The maximum absolute atomic E-state index is 12.1. The molecule has 0 aromatic heterocycles. The second-order valence-electron chi connectivity index (χ2n) is 12.1. The molecule has 44 heavy (non-hydrogen) atoms. The van der Waals surface area contributed by atoms with Crippen LogP contribution in [0.25, 0.3) is 0 Å². The molecule has 0 saturated carbocycles. The molecular formula is C32H47NO11. The Kier molecular flexibility index (Phi) is 12.5. The van der Waals surface area contributed by atoms with Gasteiger partial charge < -0.3 is 55.0 Å². The summed E-state index contributed by atoms with van der Waals surface area (Å²) < 4.78 is 28.8. The third kappa shape index (κ3) is 10.4. The smallest absolute Gasteiger partial charge is 0.330 e. The minimum atomic E-state index is -1.80. The number of rotatable bonds is 2. The van der Waals surface area contributed by atoms with Gasteiger partial charge in [-0.2, -0.15) is 0 Å². The molecule has 0 aromatic rings. The average Bonchev–Trinajstić information content (AvgIpc) is 3.68. The predicted molar refractivity (Wildman–Crippen MR) is 159 cm³/mol. The van der Waals surface area contributed by atoms with Crippen molar-refractivity contribution in [1.29, 1.82) is 0 Å². The highest BCUT2D eigenvalue weighted by atomic mass is 16.7. The van der Waals surface area contributed by atoms with Crippen LogP contribution in [0.1, 0.15) is 52.4 Å². The highest BCUT2D eigenvalue weighted by Gasteiger charge is 2.46. The van der Waals surface area contributed by atoms with Crippen molar-refractivity contribution in [3.63, 3.8) is 0 Å². The third-order valence-corrected chi connectivity index (χ3v) is 8.08. The van der Waals surface area contributed by atoms with Crippen molar-refractivity contribution in [3.8, 4) is 0 Å². The number of hydrogen-bond donors (Lipinski definition) is 6. The lowest BCUT2D eigenvalue weighted by atomic mass is 9.91. The molecule has 13 atom stereocenters. The highest BCUT2D eigenvalue weighted by molar-refractivity contribution is 5.82. The van der Waals surface area contributed by atoms with Gasteiger partial charge in [0, 0.05) is 38.2 Å². The summed E-state index contributed by atoms with van der Waals surface area (Å²) in [6.45, 7) is 3.44. The fourth-order valence-electron chi connectivity index (χ4n) is 5.72. The Morgan fingerprint density at radius 3 is 2.32 bits per heavy atom. The number of cyclic esters (lactones) is 1. The molecular weight excluding hydrogens is 574 g/mol. The van der Waals surface area contributed by atoms with Crippen molar-refractivity contribution in [3.05, 3.63) is 60.8 Å². The van der Waals surface area contributed by atoms with Crippen molar-refractivity contribution in [2.24, 2.45) is 5.73 Å². The fourth-order valence-corrected chi connectivity index (χ4v) is 5.72. The van der Waals surface area contributed by atoms with Crippen LogP contribution in [0.5, 0.6) is 0 Å². The maximum atomic E-state index is 12.1. The molecule has 13 unspecified atom stereocenters. The number of fused-ring (bicyclic) bond motifs is 3. The first-order chi connectivity index (χ1) is 20.9. The highest BCUT2D eigenvalue weighted by Crippen LogP contribution is 2.36. The Labute approximate surface area is 258 Å². The zero-order chi connectivity index (χ0) is 31.9. The van der Waals surface area contributed by atoms with E-state index in [-0.39, 0.29) is 50.4 Å². The molecule has 4 aliphatic rings. The number of nitrogens with two attached hydrogens (primary N) is 1. The maximum Gasteiger partial charge on any atom is 0.330 e. The van der Waals surface area contributed by atoms with Crippen LogP contribution < -0.4 is 5.73 Å². The first-order valence-electron chi connectivity index (χ1n) is 15.3. The molecule has 0 amide bonds. The van der Waals surface area contributed by atoms with Gasteiger partial charge in [0.05, 0.1) is 48.8 Å². The Morgan fingerprint density at radius 2 is 1.57 bits per heavy atom. The number of epoxide rings is 1. The molecule has 246 valence electrons. The molecule has 4 rings (SSSR count). The normalized spacial score (nSPS) is 48.0. The topological polar surface area (TPSA) is 194 Å². The monoisotopic (exact) mass is 621 g/mol. The Bertz CT molecular complexity index is 1090. The second-order valence-corrected chi connectivity index (χ2v) is 12.1. The van der Waals surface area contributed by atoms with Crippen LogP contribution in [0.3, 0.4) is 0 Å². The van der Waals surface area contributed by atoms with Crippen LogP contribution >= 0.6 is 0 Å². The van der Waals surface area contributed by atoms with E-state index in [1.807, 2.05) is 24.3 Å². The molecule has 0 radical (unpaired) electrons. The van der Waals surface area contributed by atoms with E-state index in [4.69, 9.17) is 29.4 Å². The first kappa shape index (κ1) is 34.6. The quantitative estimate of drug-likeness (QED) is 0.188. The number of esters is 1. The lowest BCUT2D eigenvalue weighted by Crippen LogP contribution is -2.61. The SMILES string of the molecule is CC1C/C=C/C=C/C=C/C=C/C(OC2OC(C)C(O)C(N)C2O)CC2CC(O)CC(O)(CC(O)CC3OC3/C=C/C(=O)O1)O2. The second kappa shape index (κ2) is 15.9. The summed E-state index contributed by atoms with van der Waals surface area (Å²) in [5.41, 5.74) is 5.99. The molecule has 0 aromatic carbocycles. The fraction of sp³-hybridized carbons (Fsp3) is 0.656. The van der Waals surface area contributed by atoms with Crippen molar-refractivity contribution in [1.82, 2.24) is 0 Å². The van der Waals surface area contributed by atoms with Crippen LogP contribution in [0.15, 0.2) is 60.8 Å². The van der Waals surface area contributed by atoms with Crippen molar-refractivity contribution < 1.29 is 54.0 Å². The molecule has 3 saturated heterocycles. The van der Waals surface area contributed by atoms with E-state index in [0.717, 1.165) is 0 Å². The van der Waals surface area contributed by atoms with Crippen molar-refractivity contribution in [2.75, 3.05) is 0 Å². The van der Waals surface area contributed by atoms with Gasteiger partial charge in [-0.05, 0) is 26.3 Å². The van der Waals surface area contributed by atoms with E-state index in [0.29, 0.717) is 6.42 Å². The van der Waals surface area contributed by atoms with Gasteiger partial charge in [-0.25, -0.2) is 4.79 Å². The van der Waals surface area contributed by atoms with Gasteiger partial charge in [0.1, 0.15) is 18.3 Å². The van der Waals surface area contributed by atoms with E-state index >= 15 is 0 Å². The van der Waals surface area contributed by atoms with E-state index in [1.165, 1.54) is 6.08 Å². The largest absolute Gasteiger partial charge is 0.459 e. The zero-order valence-electron chi connectivity index (χ0n) is 25.2. The summed E-state index contributed by atoms with van der Waals surface area (Å²) in [4.78, 5) is 12.1. The van der Waals surface area contributed by atoms with Crippen molar-refractivity contribution >= 4 is 5.97 Å². The molecule has 7 N–H and O–H groups in total. The summed E-state index contributed by atoms with van der Waals surface area (Å²) in [6.07, 6.45) is 9.89. The van der Waals surface area contributed by atoms with Crippen LogP contribution in [0.4, 0.5) is 0 Å². The summed E-state index contributed by atoms with van der Waals surface area (Å²) in [5.74, 6) is -2.28. The number of ether oxygens (including phenoxy) is 5. The van der Waals surface area contributed by atoms with E-state index in [2.05, 4.69) is 0 Å². The number of aliphatic hydroxyl groups excluding tert-OH is 4.